The van der Waals surface area contributed by atoms with Gasteiger partial charge in [-0.25, -0.2) is 9.59 Å². The first-order valence-electron chi connectivity index (χ1n) is 4.14. The second-order valence-electron chi connectivity index (χ2n) is 2.96. The summed E-state index contributed by atoms with van der Waals surface area (Å²) in [5, 5.41) is 17.6. The minimum Gasteiger partial charge on any atom is -0.478 e. The van der Waals surface area contributed by atoms with Gasteiger partial charge >= 0.3 is 11.9 Å². The van der Waals surface area contributed by atoms with E-state index in [2.05, 4.69) is 0 Å². The van der Waals surface area contributed by atoms with Gasteiger partial charge in [-0.05, 0) is 30.0 Å². The van der Waals surface area contributed by atoms with E-state index in [1.807, 2.05) is 6.26 Å². The van der Waals surface area contributed by atoms with E-state index in [0.717, 1.165) is 6.07 Å². The Labute approximate surface area is 90.9 Å². The summed E-state index contributed by atoms with van der Waals surface area (Å²) in [6.45, 7) is 0. The first-order valence-corrected chi connectivity index (χ1v) is 5.53. The van der Waals surface area contributed by atoms with Crippen LogP contribution >= 0.6 is 11.8 Å². The smallest absolute Gasteiger partial charge is 0.335 e. The second-order valence-corrected chi connectivity index (χ2v) is 3.83. The topological polar surface area (TPSA) is 74.6 Å². The largest absolute Gasteiger partial charge is 0.478 e. The molecule has 0 atom stereocenters. The number of carbonyl (C=O) groups is 2. The lowest BCUT2D eigenvalue weighted by Gasteiger charge is -2.03. The molecular weight excluding hydrogens is 216 g/mol. The Balaban J connectivity index is 3.19. The van der Waals surface area contributed by atoms with Gasteiger partial charge in [-0.2, -0.15) is 11.8 Å². The Kier molecular flexibility index (Phi) is 3.74. The molecule has 0 radical (unpaired) electrons. The summed E-state index contributed by atoms with van der Waals surface area (Å²) in [6.07, 6.45) is 1.87. The summed E-state index contributed by atoms with van der Waals surface area (Å²) >= 11 is 1.51. The van der Waals surface area contributed by atoms with Crippen LogP contribution in [0.25, 0.3) is 0 Å². The van der Waals surface area contributed by atoms with E-state index in [1.165, 1.54) is 23.9 Å². The lowest BCUT2D eigenvalue weighted by Crippen LogP contribution is -2.03. The number of aromatic carboxylic acids is 2. The Morgan fingerprint density at radius 1 is 1.13 bits per heavy atom. The van der Waals surface area contributed by atoms with Crippen LogP contribution in [0.3, 0.4) is 0 Å². The summed E-state index contributed by atoms with van der Waals surface area (Å²) in [7, 11) is 0. The third kappa shape index (κ3) is 2.99. The highest BCUT2D eigenvalue weighted by atomic mass is 32.2. The van der Waals surface area contributed by atoms with Crippen LogP contribution in [0.1, 0.15) is 26.3 Å². The van der Waals surface area contributed by atoms with Crippen LogP contribution in [0.5, 0.6) is 0 Å². The number of hydrogen-bond acceptors (Lipinski definition) is 3. The molecule has 5 heteroatoms. The highest BCUT2D eigenvalue weighted by Gasteiger charge is 2.10. The van der Waals surface area contributed by atoms with Crippen molar-refractivity contribution in [1.82, 2.24) is 0 Å². The van der Waals surface area contributed by atoms with Gasteiger partial charge in [-0.15, -0.1) is 0 Å². The van der Waals surface area contributed by atoms with Gasteiger partial charge in [0, 0.05) is 5.75 Å². The van der Waals surface area contributed by atoms with Crippen molar-refractivity contribution in [1.29, 1.82) is 0 Å². The molecule has 0 aliphatic heterocycles. The van der Waals surface area contributed by atoms with Crippen LogP contribution < -0.4 is 0 Å². The molecule has 1 rings (SSSR count). The van der Waals surface area contributed by atoms with Crippen molar-refractivity contribution in [3.05, 3.63) is 34.9 Å². The van der Waals surface area contributed by atoms with Crippen molar-refractivity contribution in [3.63, 3.8) is 0 Å². The highest BCUT2D eigenvalue weighted by molar-refractivity contribution is 7.97. The van der Waals surface area contributed by atoms with Crippen molar-refractivity contribution in [3.8, 4) is 0 Å². The summed E-state index contributed by atoms with van der Waals surface area (Å²) in [5.74, 6) is -1.62. The number of hydrogen-bond donors (Lipinski definition) is 2. The van der Waals surface area contributed by atoms with E-state index < -0.39 is 11.9 Å². The van der Waals surface area contributed by atoms with Crippen LogP contribution in [-0.4, -0.2) is 28.4 Å². The maximum atomic E-state index is 10.7. The molecule has 0 bridgehead atoms. The van der Waals surface area contributed by atoms with Crippen molar-refractivity contribution in [2.24, 2.45) is 0 Å². The van der Waals surface area contributed by atoms with Crippen molar-refractivity contribution >= 4 is 23.7 Å². The molecule has 0 saturated heterocycles. The molecule has 4 nitrogen and oxygen atoms in total. The Morgan fingerprint density at radius 2 is 1.60 bits per heavy atom. The first-order chi connectivity index (χ1) is 7.04. The van der Waals surface area contributed by atoms with Crippen molar-refractivity contribution in [2.75, 3.05) is 6.26 Å². The molecular formula is C10H10O4S. The van der Waals surface area contributed by atoms with Crippen molar-refractivity contribution < 1.29 is 19.8 Å². The minimum atomic E-state index is -1.11. The third-order valence-electron chi connectivity index (χ3n) is 1.80. The molecule has 0 amide bonds. The first kappa shape index (κ1) is 11.6. The third-order valence-corrected chi connectivity index (χ3v) is 2.42. The van der Waals surface area contributed by atoms with Gasteiger partial charge in [0.2, 0.25) is 0 Å². The van der Waals surface area contributed by atoms with E-state index in [0.29, 0.717) is 11.3 Å². The quantitative estimate of drug-likeness (QED) is 0.820. The second kappa shape index (κ2) is 4.84. The van der Waals surface area contributed by atoms with Crippen LogP contribution in [0.4, 0.5) is 0 Å². The van der Waals surface area contributed by atoms with Crippen LogP contribution in [0, 0.1) is 0 Å². The van der Waals surface area contributed by atoms with Gasteiger partial charge in [0.05, 0.1) is 11.1 Å². The lowest BCUT2D eigenvalue weighted by atomic mass is 10.1. The summed E-state index contributed by atoms with van der Waals surface area (Å²) in [4.78, 5) is 21.5. The molecule has 80 valence electrons. The fourth-order valence-electron chi connectivity index (χ4n) is 1.19. The Bertz CT molecular complexity index is 368. The Hall–Kier alpha value is -1.49. The summed E-state index contributed by atoms with van der Waals surface area (Å²) in [6, 6.07) is 4.14. The number of thioether (sulfide) groups is 1. The van der Waals surface area contributed by atoms with E-state index >= 15 is 0 Å². The number of rotatable bonds is 4. The van der Waals surface area contributed by atoms with Gasteiger partial charge in [0.1, 0.15) is 0 Å². The number of benzene rings is 1. The van der Waals surface area contributed by atoms with Crippen LogP contribution in [0.2, 0.25) is 0 Å². The molecule has 0 heterocycles. The van der Waals surface area contributed by atoms with Crippen LogP contribution in [0.15, 0.2) is 18.2 Å². The zero-order valence-electron chi connectivity index (χ0n) is 8.06. The molecule has 0 unspecified atom stereocenters. The summed E-state index contributed by atoms with van der Waals surface area (Å²) < 4.78 is 0. The van der Waals surface area contributed by atoms with E-state index in [4.69, 9.17) is 10.2 Å². The molecule has 0 aromatic heterocycles. The van der Waals surface area contributed by atoms with Crippen molar-refractivity contribution in [2.45, 2.75) is 5.75 Å². The molecule has 15 heavy (non-hydrogen) atoms. The van der Waals surface area contributed by atoms with E-state index in [9.17, 15) is 9.59 Å². The normalized spacial score (nSPS) is 9.93. The van der Waals surface area contributed by atoms with Gasteiger partial charge in [-0.3, -0.25) is 0 Å². The van der Waals surface area contributed by atoms with Gasteiger partial charge in [0.15, 0.2) is 0 Å². The number of carboxylic acid groups (broad SMARTS) is 2. The molecule has 2 N–H and O–H groups in total. The average molecular weight is 226 g/mol. The molecule has 1 aromatic carbocycles. The zero-order valence-corrected chi connectivity index (χ0v) is 8.87. The van der Waals surface area contributed by atoms with Gasteiger partial charge in [-0.1, -0.05) is 0 Å². The monoisotopic (exact) mass is 226 g/mol. The SMILES string of the molecule is CSCc1cc(C(=O)O)cc(C(=O)O)c1. The molecule has 0 fully saturated rings. The average Bonchev–Trinajstić information content (AvgIpc) is 2.17. The fraction of sp³-hybridized carbons (Fsp3) is 0.200. The lowest BCUT2D eigenvalue weighted by molar-refractivity contribution is 0.0696. The molecule has 1 aromatic rings. The van der Waals surface area contributed by atoms with E-state index in [-0.39, 0.29) is 11.1 Å². The summed E-state index contributed by atoms with van der Waals surface area (Å²) in [5.41, 5.74) is 0.734. The maximum absolute atomic E-state index is 10.7. The maximum Gasteiger partial charge on any atom is 0.335 e. The molecule has 0 spiro atoms. The molecule has 0 aliphatic rings. The Morgan fingerprint density at radius 3 is 1.93 bits per heavy atom. The predicted molar refractivity (Wildman–Crippen MR) is 57.6 cm³/mol. The zero-order chi connectivity index (χ0) is 11.4. The van der Waals surface area contributed by atoms with Gasteiger partial charge in [0.25, 0.3) is 0 Å². The number of carboxylic acids is 2. The highest BCUT2D eigenvalue weighted by Crippen LogP contribution is 2.15. The van der Waals surface area contributed by atoms with E-state index in [1.54, 1.807) is 0 Å². The molecule has 0 saturated carbocycles. The fourth-order valence-corrected chi connectivity index (χ4v) is 1.69. The van der Waals surface area contributed by atoms with Crippen LogP contribution in [-0.2, 0) is 5.75 Å². The standard InChI is InChI=1S/C10H10O4S/c1-15-5-6-2-7(9(11)12)4-8(3-6)10(13)14/h2-4H,5H2,1H3,(H,11,12)(H,13,14). The minimum absolute atomic E-state index is 0.0129. The molecule has 0 aliphatic carbocycles. The van der Waals surface area contributed by atoms with Gasteiger partial charge < -0.3 is 10.2 Å². The predicted octanol–water partition coefficient (Wildman–Crippen LogP) is 1.95.